The van der Waals surface area contributed by atoms with Gasteiger partial charge in [0.1, 0.15) is 0 Å². The Hall–Kier alpha value is -4.12. The molecule has 3 N–H and O–H groups in total. The summed E-state index contributed by atoms with van der Waals surface area (Å²) in [6.45, 7) is 4.89. The van der Waals surface area contributed by atoms with Crippen LogP contribution in [-0.4, -0.2) is 59.9 Å². The Morgan fingerprint density at radius 3 is 2.71 bits per heavy atom. The molecule has 3 aromatic rings. The van der Waals surface area contributed by atoms with Gasteiger partial charge < -0.3 is 20.3 Å². The monoisotopic (exact) mass is 478 g/mol. The quantitative estimate of drug-likeness (QED) is 0.334. The van der Waals surface area contributed by atoms with Crippen molar-refractivity contribution < 1.29 is 13.9 Å². The lowest BCUT2D eigenvalue weighted by Crippen LogP contribution is -2.28. The average Bonchev–Trinajstić information content (AvgIpc) is 3.16. The third-order valence-corrected chi connectivity index (χ3v) is 5.17. The van der Waals surface area contributed by atoms with Crippen LogP contribution in [0.5, 0.6) is 0 Å². The molecule has 10 nitrogen and oxygen atoms in total. The van der Waals surface area contributed by atoms with E-state index < -0.39 is 5.82 Å². The van der Waals surface area contributed by atoms with E-state index in [-0.39, 0.29) is 17.7 Å². The largest absolute Gasteiger partial charge is 0.380 e. The van der Waals surface area contributed by atoms with Crippen LogP contribution in [0.2, 0.25) is 0 Å². The molecule has 182 valence electrons. The number of anilines is 4. The Morgan fingerprint density at radius 1 is 1.11 bits per heavy atom. The second-order valence-corrected chi connectivity index (χ2v) is 7.72. The standard InChI is InChI=1S/C24H27FN8O2/c1-2-26-23(34)17-4-6-18(7-5-17)30-20-9-8-19(27-14-20)15-29-32-24-28-16-21(25)22(31-24)33-10-3-12-35-13-11-33/h4-9,14-16,30H,2-3,10-13H2,1H3,(H,26,34)(H,28,31,32)/b29-15+. The number of ether oxygens (including phenoxy) is 1. The lowest BCUT2D eigenvalue weighted by Gasteiger charge is -2.21. The molecule has 1 aliphatic rings. The molecule has 0 saturated carbocycles. The molecule has 0 atom stereocenters. The lowest BCUT2D eigenvalue weighted by molar-refractivity contribution is 0.0956. The van der Waals surface area contributed by atoms with E-state index in [1.165, 1.54) is 6.21 Å². The molecule has 35 heavy (non-hydrogen) atoms. The van der Waals surface area contributed by atoms with E-state index in [4.69, 9.17) is 4.74 Å². The van der Waals surface area contributed by atoms with Crippen LogP contribution in [0.25, 0.3) is 0 Å². The zero-order chi connectivity index (χ0) is 24.5. The summed E-state index contributed by atoms with van der Waals surface area (Å²) in [5.74, 6) is -0.158. The van der Waals surface area contributed by atoms with Gasteiger partial charge in [0, 0.05) is 37.5 Å². The number of benzene rings is 1. The fourth-order valence-corrected chi connectivity index (χ4v) is 3.44. The van der Waals surface area contributed by atoms with Crippen molar-refractivity contribution in [2.45, 2.75) is 13.3 Å². The minimum atomic E-state index is -0.481. The van der Waals surface area contributed by atoms with E-state index in [9.17, 15) is 9.18 Å². The van der Waals surface area contributed by atoms with Gasteiger partial charge in [-0.05, 0) is 49.7 Å². The van der Waals surface area contributed by atoms with Gasteiger partial charge in [0.15, 0.2) is 11.6 Å². The molecule has 1 amide bonds. The molecule has 4 rings (SSSR count). The van der Waals surface area contributed by atoms with E-state index in [1.807, 2.05) is 30.0 Å². The molecule has 0 radical (unpaired) electrons. The summed E-state index contributed by atoms with van der Waals surface area (Å²) in [4.78, 5) is 26.3. The fraction of sp³-hybridized carbons (Fsp3) is 0.292. The summed E-state index contributed by atoms with van der Waals surface area (Å²) in [6, 6.07) is 10.8. The van der Waals surface area contributed by atoms with Gasteiger partial charge in [-0.15, -0.1) is 0 Å². The van der Waals surface area contributed by atoms with Gasteiger partial charge in [0.2, 0.25) is 5.95 Å². The second-order valence-electron chi connectivity index (χ2n) is 7.72. The first-order valence-electron chi connectivity index (χ1n) is 11.4. The highest BCUT2D eigenvalue weighted by Gasteiger charge is 2.16. The number of carbonyl (C=O) groups excluding carboxylic acids is 1. The zero-order valence-electron chi connectivity index (χ0n) is 19.4. The fourth-order valence-electron chi connectivity index (χ4n) is 3.44. The number of nitrogens with zero attached hydrogens (tertiary/aromatic N) is 5. The number of hydrogen-bond donors (Lipinski definition) is 3. The maximum absolute atomic E-state index is 14.2. The van der Waals surface area contributed by atoms with Crippen LogP contribution in [-0.2, 0) is 4.74 Å². The summed E-state index contributed by atoms with van der Waals surface area (Å²) >= 11 is 0. The lowest BCUT2D eigenvalue weighted by atomic mass is 10.2. The highest BCUT2D eigenvalue weighted by molar-refractivity contribution is 5.94. The Labute approximate surface area is 202 Å². The smallest absolute Gasteiger partial charge is 0.251 e. The van der Waals surface area contributed by atoms with Gasteiger partial charge >= 0.3 is 0 Å². The normalized spacial score (nSPS) is 13.9. The van der Waals surface area contributed by atoms with Crippen LogP contribution in [0.4, 0.5) is 27.5 Å². The van der Waals surface area contributed by atoms with Gasteiger partial charge in [-0.3, -0.25) is 9.78 Å². The molecular formula is C24H27FN8O2. The third-order valence-electron chi connectivity index (χ3n) is 5.17. The molecule has 11 heteroatoms. The van der Waals surface area contributed by atoms with Gasteiger partial charge in [-0.25, -0.2) is 14.8 Å². The van der Waals surface area contributed by atoms with Crippen molar-refractivity contribution in [1.82, 2.24) is 20.3 Å². The second kappa shape index (κ2) is 11.8. The number of hydrogen-bond acceptors (Lipinski definition) is 9. The van der Waals surface area contributed by atoms with Crippen molar-refractivity contribution in [1.29, 1.82) is 0 Å². The molecule has 1 fully saturated rings. The Morgan fingerprint density at radius 2 is 1.94 bits per heavy atom. The first kappa shape index (κ1) is 24.0. The molecule has 1 aromatic carbocycles. The predicted molar refractivity (Wildman–Crippen MR) is 133 cm³/mol. The minimum absolute atomic E-state index is 0.100. The van der Waals surface area contributed by atoms with Crippen molar-refractivity contribution >= 4 is 35.3 Å². The number of pyridine rings is 1. The van der Waals surface area contributed by atoms with Crippen molar-refractivity contribution in [2.75, 3.05) is 48.5 Å². The number of halogens is 1. The van der Waals surface area contributed by atoms with Gasteiger partial charge in [0.25, 0.3) is 5.91 Å². The summed E-state index contributed by atoms with van der Waals surface area (Å²) in [5, 5.41) is 10.1. The molecule has 0 bridgehead atoms. The van der Waals surface area contributed by atoms with Crippen molar-refractivity contribution in [3.63, 3.8) is 0 Å². The molecule has 0 unspecified atom stereocenters. The highest BCUT2D eigenvalue weighted by Crippen LogP contribution is 2.19. The van der Waals surface area contributed by atoms with Gasteiger partial charge in [-0.1, -0.05) is 0 Å². The number of aromatic nitrogens is 3. The number of hydrazone groups is 1. The van der Waals surface area contributed by atoms with Crippen LogP contribution >= 0.6 is 0 Å². The van der Waals surface area contributed by atoms with E-state index in [2.05, 4.69) is 36.1 Å². The number of rotatable bonds is 8. The Kier molecular flexibility index (Phi) is 8.12. The third kappa shape index (κ3) is 6.70. The first-order chi connectivity index (χ1) is 17.1. The Bertz CT molecular complexity index is 1150. The molecule has 0 spiro atoms. The molecule has 2 aromatic heterocycles. The number of carbonyl (C=O) groups is 1. The van der Waals surface area contributed by atoms with Crippen LogP contribution in [0.15, 0.2) is 53.9 Å². The molecule has 1 aliphatic heterocycles. The maximum atomic E-state index is 14.2. The highest BCUT2D eigenvalue weighted by atomic mass is 19.1. The van der Waals surface area contributed by atoms with Gasteiger partial charge in [0.05, 0.1) is 36.6 Å². The number of amides is 1. The van der Waals surface area contributed by atoms with Crippen LogP contribution < -0.4 is 21.0 Å². The van der Waals surface area contributed by atoms with Crippen molar-refractivity contribution in [3.8, 4) is 0 Å². The maximum Gasteiger partial charge on any atom is 0.251 e. The predicted octanol–water partition coefficient (Wildman–Crippen LogP) is 3.18. The molecule has 1 saturated heterocycles. The van der Waals surface area contributed by atoms with E-state index in [0.717, 1.165) is 24.0 Å². The van der Waals surface area contributed by atoms with Crippen LogP contribution in [0.3, 0.4) is 0 Å². The summed E-state index contributed by atoms with van der Waals surface area (Å²) in [7, 11) is 0. The Balaban J connectivity index is 1.33. The average molecular weight is 479 g/mol. The van der Waals surface area contributed by atoms with E-state index in [0.29, 0.717) is 44.1 Å². The van der Waals surface area contributed by atoms with Crippen molar-refractivity contribution in [3.05, 3.63) is 65.9 Å². The number of nitrogens with one attached hydrogen (secondary N) is 3. The minimum Gasteiger partial charge on any atom is -0.380 e. The molecule has 3 heterocycles. The zero-order valence-corrected chi connectivity index (χ0v) is 19.4. The molecular weight excluding hydrogens is 451 g/mol. The summed E-state index contributed by atoms with van der Waals surface area (Å²) < 4.78 is 19.7. The first-order valence-corrected chi connectivity index (χ1v) is 11.4. The van der Waals surface area contributed by atoms with Crippen LogP contribution in [0.1, 0.15) is 29.4 Å². The molecule has 0 aliphatic carbocycles. The van der Waals surface area contributed by atoms with E-state index in [1.54, 1.807) is 24.4 Å². The van der Waals surface area contributed by atoms with Crippen molar-refractivity contribution in [2.24, 2.45) is 5.10 Å². The van der Waals surface area contributed by atoms with Crippen LogP contribution in [0, 0.1) is 5.82 Å². The topological polar surface area (TPSA) is 117 Å². The summed E-state index contributed by atoms with van der Waals surface area (Å²) in [6.07, 6.45) is 5.14. The van der Waals surface area contributed by atoms with Gasteiger partial charge in [-0.2, -0.15) is 10.1 Å². The summed E-state index contributed by atoms with van der Waals surface area (Å²) in [5.41, 5.74) is 5.57. The van der Waals surface area contributed by atoms with E-state index >= 15 is 0 Å². The SMILES string of the molecule is CCNC(=O)c1ccc(Nc2ccc(/C=N/Nc3ncc(F)c(N4CCCOCC4)n3)nc2)cc1.